The zero-order chi connectivity index (χ0) is 22.1. The molecule has 0 aliphatic carbocycles. The maximum atomic E-state index is 13.6. The minimum absolute atomic E-state index is 0.0865. The molecule has 1 aromatic carbocycles. The number of nitrogens with zero attached hydrogens (tertiary/aromatic N) is 4. The predicted molar refractivity (Wildman–Crippen MR) is 118 cm³/mol. The monoisotopic (exact) mass is 420 g/mol. The summed E-state index contributed by atoms with van der Waals surface area (Å²) in [5, 5.41) is 5.14. The Morgan fingerprint density at radius 3 is 2.55 bits per heavy atom. The van der Waals surface area contributed by atoms with Crippen molar-refractivity contribution in [3.8, 4) is 23.0 Å². The molecule has 8 heteroatoms. The van der Waals surface area contributed by atoms with E-state index < -0.39 is 0 Å². The van der Waals surface area contributed by atoms with Gasteiger partial charge in [0.25, 0.3) is 5.91 Å². The lowest BCUT2D eigenvalue weighted by atomic mass is 10.1. The molecule has 0 atom stereocenters. The van der Waals surface area contributed by atoms with Gasteiger partial charge in [-0.05, 0) is 44.2 Å². The number of hydrogen-bond donors (Lipinski definition) is 0. The highest BCUT2D eigenvalue weighted by Gasteiger charge is 2.23. The van der Waals surface area contributed by atoms with Gasteiger partial charge in [-0.25, -0.2) is 9.67 Å². The molecule has 0 bridgehead atoms. The highest BCUT2D eigenvalue weighted by atomic mass is 16.5. The molecule has 0 aliphatic heterocycles. The second-order valence-electron chi connectivity index (χ2n) is 7.36. The lowest BCUT2D eigenvalue weighted by Crippen LogP contribution is -2.26. The van der Waals surface area contributed by atoms with Crippen molar-refractivity contribution in [2.45, 2.75) is 19.9 Å². The molecule has 0 radical (unpaired) electrons. The quantitative estimate of drug-likeness (QED) is 0.455. The average molecular weight is 420 g/mol. The third-order valence-corrected chi connectivity index (χ3v) is 5.12. The molecule has 0 N–H and O–H groups in total. The van der Waals surface area contributed by atoms with E-state index in [1.165, 1.54) is 0 Å². The number of fused-ring (bicyclic) bond motifs is 1. The smallest absolute Gasteiger partial charge is 0.258 e. The summed E-state index contributed by atoms with van der Waals surface area (Å²) in [6.07, 6.45) is 3.27. The molecule has 0 saturated carbocycles. The predicted octanol–water partition coefficient (Wildman–Crippen LogP) is 4.57. The minimum atomic E-state index is -0.198. The van der Waals surface area contributed by atoms with Gasteiger partial charge in [0.05, 0.1) is 37.6 Å². The van der Waals surface area contributed by atoms with Crippen LogP contribution >= 0.6 is 0 Å². The number of aromatic nitrogens is 3. The van der Waals surface area contributed by atoms with Crippen LogP contribution in [0.3, 0.4) is 0 Å². The Bertz CT molecular complexity index is 1230. The van der Waals surface area contributed by atoms with E-state index in [2.05, 4.69) is 5.10 Å². The van der Waals surface area contributed by atoms with Crippen molar-refractivity contribution in [2.75, 3.05) is 26.2 Å². The molecule has 0 fully saturated rings. The van der Waals surface area contributed by atoms with Gasteiger partial charge in [-0.15, -0.1) is 0 Å². The summed E-state index contributed by atoms with van der Waals surface area (Å²) < 4.78 is 18.0. The van der Waals surface area contributed by atoms with E-state index in [9.17, 15) is 4.79 Å². The summed E-state index contributed by atoms with van der Waals surface area (Å²) in [5.41, 5.74) is 2.36. The van der Waals surface area contributed by atoms with E-state index in [1.807, 2.05) is 26.0 Å². The number of hydrogen-bond acceptors (Lipinski definition) is 6. The van der Waals surface area contributed by atoms with Crippen LogP contribution in [0.25, 0.3) is 22.5 Å². The second-order valence-corrected chi connectivity index (χ2v) is 7.36. The number of furan rings is 1. The summed E-state index contributed by atoms with van der Waals surface area (Å²) in [5.74, 6) is 1.53. The number of pyridine rings is 1. The van der Waals surface area contributed by atoms with Gasteiger partial charge in [0.15, 0.2) is 22.9 Å². The lowest BCUT2D eigenvalue weighted by molar-refractivity contribution is 0.0994. The van der Waals surface area contributed by atoms with E-state index in [1.54, 1.807) is 67.6 Å². The molecule has 0 aliphatic rings. The van der Waals surface area contributed by atoms with Crippen molar-refractivity contribution in [1.82, 2.24) is 14.8 Å². The van der Waals surface area contributed by atoms with Crippen molar-refractivity contribution >= 4 is 22.6 Å². The van der Waals surface area contributed by atoms with Gasteiger partial charge in [0, 0.05) is 24.8 Å². The van der Waals surface area contributed by atoms with Crippen LogP contribution in [0.4, 0.5) is 5.69 Å². The SMILES string of the molecule is COc1ccc(N(C)C(=O)c2cc(-c3ccco3)nc3c2cnn3C(C)C)cc1OC. The fourth-order valence-corrected chi connectivity index (χ4v) is 3.45. The second kappa shape index (κ2) is 8.14. The average Bonchev–Trinajstić information content (AvgIpc) is 3.46. The zero-order valence-electron chi connectivity index (χ0n) is 18.1. The van der Waals surface area contributed by atoms with Crippen LogP contribution in [0.2, 0.25) is 0 Å². The summed E-state index contributed by atoms with van der Waals surface area (Å²) in [6.45, 7) is 4.04. The van der Waals surface area contributed by atoms with Crippen molar-refractivity contribution in [1.29, 1.82) is 0 Å². The Morgan fingerprint density at radius 2 is 1.90 bits per heavy atom. The van der Waals surface area contributed by atoms with Gasteiger partial charge in [0.1, 0.15) is 5.69 Å². The van der Waals surface area contributed by atoms with Gasteiger partial charge in [-0.2, -0.15) is 5.10 Å². The molecule has 0 unspecified atom stereocenters. The van der Waals surface area contributed by atoms with E-state index in [0.717, 1.165) is 0 Å². The first kappa shape index (κ1) is 20.5. The third kappa shape index (κ3) is 3.61. The highest BCUT2D eigenvalue weighted by Crippen LogP contribution is 2.33. The zero-order valence-corrected chi connectivity index (χ0v) is 18.1. The highest BCUT2D eigenvalue weighted by molar-refractivity contribution is 6.13. The normalized spacial score (nSPS) is 11.2. The largest absolute Gasteiger partial charge is 0.493 e. The topological polar surface area (TPSA) is 82.6 Å². The molecule has 160 valence electrons. The van der Waals surface area contributed by atoms with Crippen molar-refractivity contribution < 1.29 is 18.7 Å². The lowest BCUT2D eigenvalue weighted by Gasteiger charge is -2.20. The first-order chi connectivity index (χ1) is 14.9. The van der Waals surface area contributed by atoms with Crippen molar-refractivity contribution in [3.63, 3.8) is 0 Å². The van der Waals surface area contributed by atoms with Crippen LogP contribution in [0.5, 0.6) is 11.5 Å². The molecule has 1 amide bonds. The van der Waals surface area contributed by atoms with Crippen LogP contribution in [0.15, 0.2) is 53.3 Å². The Morgan fingerprint density at radius 1 is 1.13 bits per heavy atom. The molecular weight excluding hydrogens is 396 g/mol. The Hall–Kier alpha value is -3.81. The van der Waals surface area contributed by atoms with E-state index in [0.29, 0.717) is 45.2 Å². The Kier molecular flexibility index (Phi) is 5.37. The number of amides is 1. The first-order valence-corrected chi connectivity index (χ1v) is 9.86. The van der Waals surface area contributed by atoms with E-state index in [4.69, 9.17) is 18.9 Å². The van der Waals surface area contributed by atoms with Gasteiger partial charge in [-0.3, -0.25) is 4.79 Å². The molecule has 3 aromatic heterocycles. The van der Waals surface area contributed by atoms with Crippen LogP contribution in [0.1, 0.15) is 30.2 Å². The summed E-state index contributed by atoms with van der Waals surface area (Å²) in [7, 11) is 4.85. The first-order valence-electron chi connectivity index (χ1n) is 9.86. The summed E-state index contributed by atoms with van der Waals surface area (Å²) >= 11 is 0. The number of carbonyl (C=O) groups excluding carboxylic acids is 1. The number of methoxy groups -OCH3 is 2. The number of ether oxygens (including phenoxy) is 2. The van der Waals surface area contributed by atoms with Crippen molar-refractivity contribution in [3.05, 3.63) is 54.4 Å². The molecular formula is C23H24N4O4. The Labute approximate surface area is 180 Å². The Balaban J connectivity index is 1.83. The minimum Gasteiger partial charge on any atom is -0.493 e. The fourth-order valence-electron chi connectivity index (χ4n) is 3.45. The summed E-state index contributed by atoms with van der Waals surface area (Å²) in [4.78, 5) is 19.9. The maximum absolute atomic E-state index is 13.6. The van der Waals surface area contributed by atoms with Gasteiger partial charge in [0.2, 0.25) is 0 Å². The third-order valence-electron chi connectivity index (χ3n) is 5.12. The molecule has 0 saturated heterocycles. The number of benzene rings is 1. The fraction of sp³-hybridized carbons (Fsp3) is 0.261. The number of anilines is 1. The van der Waals surface area contributed by atoms with E-state index in [-0.39, 0.29) is 11.9 Å². The molecule has 0 spiro atoms. The van der Waals surface area contributed by atoms with Gasteiger partial charge < -0.3 is 18.8 Å². The van der Waals surface area contributed by atoms with Crippen LogP contribution in [-0.2, 0) is 0 Å². The van der Waals surface area contributed by atoms with Crippen molar-refractivity contribution in [2.24, 2.45) is 0 Å². The standard InChI is InChI=1S/C23H24N4O4/c1-14(2)27-22-17(13-24-27)16(12-18(25-22)19-7-6-10-31-19)23(28)26(3)15-8-9-20(29-4)21(11-15)30-5/h6-14H,1-5H3. The van der Waals surface area contributed by atoms with Crippen LogP contribution < -0.4 is 14.4 Å². The maximum Gasteiger partial charge on any atom is 0.258 e. The molecule has 8 nitrogen and oxygen atoms in total. The molecule has 31 heavy (non-hydrogen) atoms. The van der Waals surface area contributed by atoms with Gasteiger partial charge >= 0.3 is 0 Å². The number of carbonyl (C=O) groups is 1. The molecule has 4 rings (SSSR count). The number of rotatable bonds is 6. The van der Waals surface area contributed by atoms with Crippen LogP contribution in [0, 0.1) is 0 Å². The van der Waals surface area contributed by atoms with E-state index >= 15 is 0 Å². The van der Waals surface area contributed by atoms with Crippen LogP contribution in [-0.4, -0.2) is 41.9 Å². The summed E-state index contributed by atoms with van der Waals surface area (Å²) in [6, 6.07) is 10.8. The molecule has 3 heterocycles. The van der Waals surface area contributed by atoms with Gasteiger partial charge in [-0.1, -0.05) is 0 Å². The molecule has 4 aromatic rings.